The molecule has 3 rings (SSSR count). The number of nitrogens with one attached hydrogen (secondary N) is 1. The van der Waals surface area contributed by atoms with Crippen LogP contribution in [0.1, 0.15) is 18.4 Å². The highest BCUT2D eigenvalue weighted by molar-refractivity contribution is 5.91. The number of nitrogens with zero attached hydrogens (tertiary/aromatic N) is 3. The van der Waals surface area contributed by atoms with Gasteiger partial charge in [-0.25, -0.2) is 9.78 Å². The number of anilines is 1. The van der Waals surface area contributed by atoms with Crippen molar-refractivity contribution in [2.45, 2.75) is 25.4 Å². The summed E-state index contributed by atoms with van der Waals surface area (Å²) in [5, 5.41) is 2.83. The van der Waals surface area contributed by atoms with Crippen molar-refractivity contribution in [3.8, 4) is 0 Å². The fourth-order valence-electron chi connectivity index (χ4n) is 2.70. The minimum absolute atomic E-state index is 0.0873. The van der Waals surface area contributed by atoms with E-state index in [0.29, 0.717) is 12.4 Å². The quantitative estimate of drug-likeness (QED) is 0.808. The molecule has 3 amide bonds. The van der Waals surface area contributed by atoms with Gasteiger partial charge in [-0.1, -0.05) is 6.07 Å². The van der Waals surface area contributed by atoms with E-state index in [9.17, 15) is 9.59 Å². The molecule has 1 aromatic heterocycles. The summed E-state index contributed by atoms with van der Waals surface area (Å²) in [6.45, 7) is 2.04. The van der Waals surface area contributed by atoms with E-state index in [1.165, 1.54) is 0 Å². The van der Waals surface area contributed by atoms with Crippen LogP contribution in [0.4, 0.5) is 10.6 Å². The Morgan fingerprint density at radius 3 is 2.89 bits per heavy atom. The molecule has 3 heterocycles. The zero-order chi connectivity index (χ0) is 13.2. The minimum Gasteiger partial charge on any atom is -0.345 e. The smallest absolute Gasteiger partial charge is 0.323 e. The molecule has 0 aliphatic carbocycles. The van der Waals surface area contributed by atoms with Gasteiger partial charge >= 0.3 is 6.03 Å². The molecule has 0 saturated carbocycles. The molecule has 2 aliphatic heterocycles. The summed E-state index contributed by atoms with van der Waals surface area (Å²) in [5.74, 6) is 0.661. The first kappa shape index (κ1) is 12.0. The van der Waals surface area contributed by atoms with E-state index in [1.807, 2.05) is 17.0 Å². The molecule has 19 heavy (non-hydrogen) atoms. The van der Waals surface area contributed by atoms with Gasteiger partial charge in [0.25, 0.3) is 0 Å². The standard InChI is InChI=1S/C13H16N4O2/c18-9-16-6-3-11(4-7-16)17-8-10-2-1-5-14-12(10)15-13(17)19/h1-2,5,9,11H,3-4,6-8H2,(H,14,15,19). The molecule has 2 aliphatic rings. The third-order valence-corrected chi connectivity index (χ3v) is 3.81. The topological polar surface area (TPSA) is 65.5 Å². The zero-order valence-electron chi connectivity index (χ0n) is 10.6. The molecule has 6 heteroatoms. The highest BCUT2D eigenvalue weighted by Gasteiger charge is 2.31. The van der Waals surface area contributed by atoms with Crippen molar-refractivity contribution in [3.63, 3.8) is 0 Å². The summed E-state index contributed by atoms with van der Waals surface area (Å²) >= 11 is 0. The van der Waals surface area contributed by atoms with E-state index in [2.05, 4.69) is 10.3 Å². The highest BCUT2D eigenvalue weighted by Crippen LogP contribution is 2.25. The maximum absolute atomic E-state index is 12.1. The SMILES string of the molecule is O=CN1CCC(N2Cc3cccnc3NC2=O)CC1. The number of carbonyl (C=O) groups is 2. The first-order valence-corrected chi connectivity index (χ1v) is 6.49. The minimum atomic E-state index is -0.0873. The van der Waals surface area contributed by atoms with E-state index < -0.39 is 0 Å². The van der Waals surface area contributed by atoms with Gasteiger partial charge < -0.3 is 9.80 Å². The average molecular weight is 260 g/mol. The number of fused-ring (bicyclic) bond motifs is 1. The molecule has 1 aromatic rings. The predicted octanol–water partition coefficient (Wildman–Crippen LogP) is 1.05. The molecule has 0 aromatic carbocycles. The highest BCUT2D eigenvalue weighted by atomic mass is 16.2. The van der Waals surface area contributed by atoms with Crippen LogP contribution in [0.2, 0.25) is 0 Å². The number of rotatable bonds is 2. The summed E-state index contributed by atoms with van der Waals surface area (Å²) in [5.41, 5.74) is 1.04. The Balaban J connectivity index is 1.73. The van der Waals surface area contributed by atoms with Crippen LogP contribution in [-0.2, 0) is 11.3 Å². The van der Waals surface area contributed by atoms with E-state index in [-0.39, 0.29) is 12.1 Å². The maximum atomic E-state index is 12.1. The summed E-state index contributed by atoms with van der Waals surface area (Å²) in [6.07, 6.45) is 4.23. The molecular weight excluding hydrogens is 244 g/mol. The van der Waals surface area contributed by atoms with Gasteiger partial charge in [-0.15, -0.1) is 0 Å². The number of pyridine rings is 1. The Morgan fingerprint density at radius 2 is 2.16 bits per heavy atom. The lowest BCUT2D eigenvalue weighted by molar-refractivity contribution is -0.119. The van der Waals surface area contributed by atoms with Gasteiger partial charge in [-0.2, -0.15) is 0 Å². The van der Waals surface area contributed by atoms with Crippen LogP contribution in [0.25, 0.3) is 0 Å². The Kier molecular flexibility index (Phi) is 3.06. The molecular formula is C13H16N4O2. The largest absolute Gasteiger partial charge is 0.345 e. The number of amides is 3. The Hall–Kier alpha value is -2.11. The van der Waals surface area contributed by atoms with Gasteiger partial charge in [0.05, 0.1) is 6.54 Å². The van der Waals surface area contributed by atoms with Gasteiger partial charge in [0.2, 0.25) is 6.41 Å². The van der Waals surface area contributed by atoms with Gasteiger partial charge in [0.1, 0.15) is 5.82 Å². The lowest BCUT2D eigenvalue weighted by Crippen LogP contribution is -2.50. The molecule has 0 radical (unpaired) electrons. The van der Waals surface area contributed by atoms with Crippen molar-refractivity contribution >= 4 is 18.3 Å². The van der Waals surface area contributed by atoms with Crippen LogP contribution in [0.15, 0.2) is 18.3 Å². The second kappa shape index (κ2) is 4.87. The molecule has 0 spiro atoms. The Bertz CT molecular complexity index is 497. The second-order valence-corrected chi connectivity index (χ2v) is 4.94. The Morgan fingerprint density at radius 1 is 1.37 bits per heavy atom. The fraction of sp³-hybridized carbons (Fsp3) is 0.462. The number of carbonyl (C=O) groups excluding carboxylic acids is 2. The summed E-state index contributed by atoms with van der Waals surface area (Å²) < 4.78 is 0. The van der Waals surface area contributed by atoms with Crippen molar-refractivity contribution in [2.24, 2.45) is 0 Å². The normalized spacial score (nSPS) is 19.9. The molecule has 1 fully saturated rings. The van der Waals surface area contributed by atoms with E-state index in [1.54, 1.807) is 11.1 Å². The van der Waals surface area contributed by atoms with Crippen molar-refractivity contribution in [3.05, 3.63) is 23.9 Å². The van der Waals surface area contributed by atoms with Crippen LogP contribution in [0.3, 0.4) is 0 Å². The van der Waals surface area contributed by atoms with Crippen LogP contribution in [0.5, 0.6) is 0 Å². The van der Waals surface area contributed by atoms with E-state index in [4.69, 9.17) is 0 Å². The summed E-state index contributed by atoms with van der Waals surface area (Å²) in [4.78, 5) is 30.6. The summed E-state index contributed by atoms with van der Waals surface area (Å²) in [7, 11) is 0. The molecule has 6 nitrogen and oxygen atoms in total. The molecule has 1 N–H and O–H groups in total. The van der Waals surface area contributed by atoms with Gasteiger partial charge in [-0.05, 0) is 18.9 Å². The van der Waals surface area contributed by atoms with E-state index >= 15 is 0 Å². The second-order valence-electron chi connectivity index (χ2n) is 4.94. The lowest BCUT2D eigenvalue weighted by Gasteiger charge is -2.39. The van der Waals surface area contributed by atoms with Crippen molar-refractivity contribution in [1.29, 1.82) is 0 Å². The number of urea groups is 1. The van der Waals surface area contributed by atoms with Crippen LogP contribution in [-0.4, -0.2) is 46.4 Å². The number of hydrogen-bond acceptors (Lipinski definition) is 3. The molecule has 0 atom stereocenters. The number of aromatic nitrogens is 1. The fourth-order valence-corrected chi connectivity index (χ4v) is 2.70. The first-order chi connectivity index (χ1) is 9.28. The molecule has 1 saturated heterocycles. The zero-order valence-corrected chi connectivity index (χ0v) is 10.6. The maximum Gasteiger partial charge on any atom is 0.323 e. The van der Waals surface area contributed by atoms with Crippen LogP contribution < -0.4 is 5.32 Å². The van der Waals surface area contributed by atoms with Crippen LogP contribution in [0, 0.1) is 0 Å². The van der Waals surface area contributed by atoms with Crippen molar-refractivity contribution in [1.82, 2.24) is 14.8 Å². The molecule has 100 valence electrons. The first-order valence-electron chi connectivity index (χ1n) is 6.49. The monoisotopic (exact) mass is 260 g/mol. The molecule has 0 bridgehead atoms. The predicted molar refractivity (Wildman–Crippen MR) is 69.5 cm³/mol. The van der Waals surface area contributed by atoms with Gasteiger partial charge in [0.15, 0.2) is 0 Å². The number of hydrogen-bond donors (Lipinski definition) is 1. The van der Waals surface area contributed by atoms with Crippen molar-refractivity contribution < 1.29 is 9.59 Å². The average Bonchev–Trinajstić information content (AvgIpc) is 2.47. The van der Waals surface area contributed by atoms with E-state index in [0.717, 1.165) is 37.9 Å². The number of likely N-dealkylation sites (tertiary alicyclic amines) is 1. The Labute approximate surface area is 111 Å². The number of piperidine rings is 1. The third-order valence-electron chi connectivity index (χ3n) is 3.81. The van der Waals surface area contributed by atoms with Gasteiger partial charge in [-0.3, -0.25) is 10.1 Å². The van der Waals surface area contributed by atoms with Crippen molar-refractivity contribution in [2.75, 3.05) is 18.4 Å². The third kappa shape index (κ3) is 2.25. The molecule has 0 unspecified atom stereocenters. The van der Waals surface area contributed by atoms with Gasteiger partial charge in [0, 0.05) is 30.9 Å². The summed E-state index contributed by atoms with van der Waals surface area (Å²) in [6, 6.07) is 3.97. The lowest BCUT2D eigenvalue weighted by atomic mass is 10.0. The van der Waals surface area contributed by atoms with Crippen LogP contribution >= 0.6 is 0 Å².